The van der Waals surface area contributed by atoms with E-state index < -0.39 is 0 Å². The van der Waals surface area contributed by atoms with Crippen molar-refractivity contribution in [2.24, 2.45) is 0 Å². The van der Waals surface area contributed by atoms with E-state index in [4.69, 9.17) is 4.74 Å². The first-order chi connectivity index (χ1) is 9.99. The zero-order valence-corrected chi connectivity index (χ0v) is 14.5. The van der Waals surface area contributed by atoms with Crippen LogP contribution in [-0.4, -0.2) is 18.7 Å². The monoisotopic (exact) mass is 291 g/mol. The Kier molecular flexibility index (Phi) is 11.7. The highest BCUT2D eigenvalue weighted by atomic mass is 16.5. The average Bonchev–Trinajstić information content (AvgIpc) is 2.43. The lowest BCUT2D eigenvalue weighted by Crippen LogP contribution is -2.29. The van der Waals surface area contributed by atoms with Crippen LogP contribution >= 0.6 is 0 Å². The Labute approximate surface area is 131 Å². The van der Waals surface area contributed by atoms with Crippen molar-refractivity contribution in [2.45, 2.75) is 66.0 Å². The molecule has 0 unspecified atom stereocenters. The molecule has 0 aliphatic heterocycles. The molecule has 0 saturated carbocycles. The molecule has 1 rings (SSSR count). The maximum absolute atomic E-state index is 5.60. The van der Waals surface area contributed by atoms with Crippen LogP contribution in [0.25, 0.3) is 6.08 Å². The van der Waals surface area contributed by atoms with Gasteiger partial charge in [0.25, 0.3) is 0 Å². The molecule has 0 atom stereocenters. The van der Waals surface area contributed by atoms with Crippen molar-refractivity contribution in [3.05, 3.63) is 36.4 Å². The van der Waals surface area contributed by atoms with Crippen LogP contribution in [-0.2, 0) is 0 Å². The highest BCUT2D eigenvalue weighted by Crippen LogP contribution is 2.14. The summed E-state index contributed by atoms with van der Waals surface area (Å²) in [6.45, 7) is 15.3. The summed E-state index contributed by atoms with van der Waals surface area (Å²) in [6.07, 6.45) is 5.44. The number of hydrogen-bond acceptors (Lipinski definition) is 2. The third-order valence-electron chi connectivity index (χ3n) is 2.78. The Morgan fingerprint density at radius 2 is 1.81 bits per heavy atom. The Hall–Kier alpha value is -1.28. The van der Waals surface area contributed by atoms with E-state index in [2.05, 4.69) is 46.5 Å². The van der Waals surface area contributed by atoms with Crippen molar-refractivity contribution in [2.75, 3.05) is 6.61 Å². The molecule has 1 aromatic rings. The fraction of sp³-hybridized carbons (Fsp3) is 0.579. The molecule has 0 aromatic heterocycles. The van der Waals surface area contributed by atoms with Gasteiger partial charge in [0.2, 0.25) is 0 Å². The lowest BCUT2D eigenvalue weighted by molar-refractivity contribution is 0.306. The Morgan fingerprint density at radius 3 is 2.29 bits per heavy atom. The van der Waals surface area contributed by atoms with Gasteiger partial charge in [0, 0.05) is 12.1 Å². The second kappa shape index (κ2) is 12.5. The summed E-state index contributed by atoms with van der Waals surface area (Å²) in [5.41, 5.74) is 1.11. The molecule has 0 saturated heterocycles. The van der Waals surface area contributed by atoms with Gasteiger partial charge in [-0.25, -0.2) is 0 Å². The molecule has 0 radical (unpaired) electrons. The van der Waals surface area contributed by atoms with E-state index in [0.29, 0.717) is 12.1 Å². The fourth-order valence-corrected chi connectivity index (χ4v) is 1.94. The van der Waals surface area contributed by atoms with Crippen LogP contribution in [0, 0.1) is 0 Å². The minimum absolute atomic E-state index is 0.625. The average molecular weight is 291 g/mol. The van der Waals surface area contributed by atoms with E-state index in [1.54, 1.807) is 0 Å². The number of unbranched alkanes of at least 4 members (excludes halogenated alkanes) is 2. The van der Waals surface area contributed by atoms with E-state index in [1.165, 1.54) is 12.8 Å². The number of hydrogen-bond donors (Lipinski definition) is 1. The van der Waals surface area contributed by atoms with Crippen LogP contribution in [0.1, 0.15) is 59.4 Å². The maximum atomic E-state index is 5.60. The van der Waals surface area contributed by atoms with Crippen molar-refractivity contribution >= 4 is 6.08 Å². The Morgan fingerprint density at radius 1 is 1.14 bits per heavy atom. The number of nitrogens with one attached hydrogen (secondary N) is 1. The first-order valence-electron chi connectivity index (χ1n) is 8.10. The minimum Gasteiger partial charge on any atom is -0.494 e. The molecule has 2 nitrogen and oxygen atoms in total. The second-order valence-electron chi connectivity index (χ2n) is 5.81. The number of rotatable bonds is 8. The smallest absolute Gasteiger partial charge is 0.119 e. The van der Waals surface area contributed by atoms with Crippen LogP contribution in [0.2, 0.25) is 0 Å². The first kappa shape index (κ1) is 19.7. The molecule has 120 valence electrons. The number of benzene rings is 1. The molecule has 0 heterocycles. The molecule has 0 amide bonds. The molecule has 2 heteroatoms. The van der Waals surface area contributed by atoms with E-state index >= 15 is 0 Å². The largest absolute Gasteiger partial charge is 0.494 e. The zero-order chi connectivity index (χ0) is 16.1. The van der Waals surface area contributed by atoms with Crippen molar-refractivity contribution in [3.63, 3.8) is 0 Å². The van der Waals surface area contributed by atoms with Gasteiger partial charge in [-0.1, -0.05) is 72.2 Å². The quantitative estimate of drug-likeness (QED) is 0.657. The predicted molar refractivity (Wildman–Crippen MR) is 95.0 cm³/mol. The van der Waals surface area contributed by atoms with E-state index in [9.17, 15) is 0 Å². The maximum Gasteiger partial charge on any atom is 0.119 e. The van der Waals surface area contributed by atoms with E-state index in [-0.39, 0.29) is 0 Å². The van der Waals surface area contributed by atoms with Gasteiger partial charge >= 0.3 is 0 Å². The number of ether oxygens (including phenoxy) is 1. The van der Waals surface area contributed by atoms with Gasteiger partial charge in [-0.15, -0.1) is 0 Å². The van der Waals surface area contributed by atoms with Crippen LogP contribution in [0.15, 0.2) is 30.8 Å². The summed E-state index contributed by atoms with van der Waals surface area (Å²) in [7, 11) is 0. The van der Waals surface area contributed by atoms with Gasteiger partial charge in [-0.2, -0.15) is 0 Å². The third-order valence-corrected chi connectivity index (χ3v) is 2.78. The van der Waals surface area contributed by atoms with Gasteiger partial charge in [-0.3, -0.25) is 0 Å². The summed E-state index contributed by atoms with van der Waals surface area (Å²) in [6, 6.07) is 9.26. The first-order valence-corrected chi connectivity index (χ1v) is 8.10. The van der Waals surface area contributed by atoms with Crippen LogP contribution < -0.4 is 10.1 Å². The highest BCUT2D eigenvalue weighted by molar-refractivity contribution is 5.49. The highest BCUT2D eigenvalue weighted by Gasteiger charge is 1.94. The lowest BCUT2D eigenvalue weighted by atomic mass is 10.2. The summed E-state index contributed by atoms with van der Waals surface area (Å²) in [4.78, 5) is 0. The molecule has 21 heavy (non-hydrogen) atoms. The molecule has 0 bridgehead atoms. The van der Waals surface area contributed by atoms with Crippen molar-refractivity contribution in [1.82, 2.24) is 5.32 Å². The normalized spacial score (nSPS) is 10.2. The summed E-state index contributed by atoms with van der Waals surface area (Å²) >= 11 is 0. The minimum atomic E-state index is 0.625. The zero-order valence-electron chi connectivity index (χ0n) is 14.5. The Bertz CT molecular complexity index is 366. The molecule has 0 aliphatic rings. The predicted octanol–water partition coefficient (Wildman–Crippen LogP) is 5.29. The molecular formula is C19H33NO. The van der Waals surface area contributed by atoms with Crippen molar-refractivity contribution in [1.29, 1.82) is 0 Å². The van der Waals surface area contributed by atoms with Crippen LogP contribution in [0.3, 0.4) is 0 Å². The van der Waals surface area contributed by atoms with Crippen molar-refractivity contribution < 1.29 is 4.74 Å². The van der Waals surface area contributed by atoms with Gasteiger partial charge in [0.15, 0.2) is 0 Å². The standard InChI is InChI=1S/C13H18O.C6H15N/c1-3-5-6-10-14-13-9-7-8-12(4-2)11-13;1-5(2)7-6(3)4/h4,7-9,11H,2-3,5-6,10H2,1H3;5-7H,1-4H3. The van der Waals surface area contributed by atoms with Crippen LogP contribution in [0.4, 0.5) is 0 Å². The van der Waals surface area contributed by atoms with E-state index in [1.807, 2.05) is 30.3 Å². The molecule has 1 N–H and O–H groups in total. The van der Waals surface area contributed by atoms with Gasteiger partial charge < -0.3 is 10.1 Å². The van der Waals surface area contributed by atoms with Crippen LogP contribution in [0.5, 0.6) is 5.75 Å². The van der Waals surface area contributed by atoms with Gasteiger partial charge in [-0.05, 0) is 24.1 Å². The molecule has 1 aromatic carbocycles. The lowest BCUT2D eigenvalue weighted by Gasteiger charge is -2.10. The van der Waals surface area contributed by atoms with Gasteiger partial charge in [0.1, 0.15) is 5.75 Å². The SMILES string of the molecule is C=Cc1cccc(OCCCCC)c1.CC(C)NC(C)C. The Balaban J connectivity index is 0.000000486. The summed E-state index contributed by atoms with van der Waals surface area (Å²) in [5.74, 6) is 0.943. The topological polar surface area (TPSA) is 21.3 Å². The molecule has 0 aliphatic carbocycles. The third kappa shape index (κ3) is 12.2. The van der Waals surface area contributed by atoms with E-state index in [0.717, 1.165) is 24.3 Å². The summed E-state index contributed by atoms with van der Waals surface area (Å²) < 4.78 is 5.60. The summed E-state index contributed by atoms with van der Waals surface area (Å²) in [5, 5.41) is 3.31. The molecule has 0 spiro atoms. The second-order valence-corrected chi connectivity index (χ2v) is 5.81. The molecular weight excluding hydrogens is 258 g/mol. The fourth-order valence-electron chi connectivity index (χ4n) is 1.94. The van der Waals surface area contributed by atoms with Crippen molar-refractivity contribution in [3.8, 4) is 5.75 Å². The van der Waals surface area contributed by atoms with Gasteiger partial charge in [0.05, 0.1) is 6.61 Å². The molecule has 0 fully saturated rings.